The summed E-state index contributed by atoms with van der Waals surface area (Å²) in [6.45, 7) is 2.48. The predicted octanol–water partition coefficient (Wildman–Crippen LogP) is 3.33. The molecule has 0 spiro atoms. The van der Waals surface area contributed by atoms with Crippen molar-refractivity contribution in [2.24, 2.45) is 5.73 Å². The topological polar surface area (TPSA) is 35.2 Å². The molecule has 0 atom stereocenters. The van der Waals surface area contributed by atoms with Crippen LogP contribution in [0.5, 0.6) is 5.75 Å². The van der Waals surface area contributed by atoms with Crippen molar-refractivity contribution in [2.45, 2.75) is 13.5 Å². The molecule has 17 heavy (non-hydrogen) atoms. The maximum Gasteiger partial charge on any atom is 0.165 e. The second-order valence-electron chi connectivity index (χ2n) is 3.75. The average molecular weight is 251 g/mol. The fraction of sp³-hybridized carbons (Fsp3) is 0.231. The first kappa shape index (κ1) is 12.1. The van der Waals surface area contributed by atoms with Crippen molar-refractivity contribution in [1.82, 2.24) is 0 Å². The summed E-state index contributed by atoms with van der Waals surface area (Å²) in [5.41, 5.74) is 8.63. The third-order valence-corrected chi connectivity index (χ3v) is 3.67. The molecule has 0 aliphatic heterocycles. The van der Waals surface area contributed by atoms with Crippen LogP contribution < -0.4 is 10.5 Å². The zero-order chi connectivity index (χ0) is 12.4. The van der Waals surface area contributed by atoms with Gasteiger partial charge in [-0.2, -0.15) is 0 Å². The normalized spacial score (nSPS) is 10.6. The fourth-order valence-electron chi connectivity index (χ4n) is 1.86. The van der Waals surface area contributed by atoms with Crippen molar-refractivity contribution in [3.05, 3.63) is 39.8 Å². The lowest BCUT2D eigenvalue weighted by atomic mass is 10.0. The van der Waals surface area contributed by atoms with Crippen LogP contribution >= 0.6 is 11.3 Å². The summed E-state index contributed by atoms with van der Waals surface area (Å²) in [5.74, 6) is -0.0884. The lowest BCUT2D eigenvalue weighted by Crippen LogP contribution is -1.97. The second-order valence-corrected chi connectivity index (χ2v) is 4.83. The summed E-state index contributed by atoms with van der Waals surface area (Å²) in [6.07, 6.45) is 0. The SMILES string of the molecule is COc1ccc(-c2c(CN)csc2C)cc1F. The Morgan fingerprint density at radius 3 is 2.76 bits per heavy atom. The molecule has 0 aliphatic rings. The third kappa shape index (κ3) is 2.18. The Bertz CT molecular complexity index is 536. The van der Waals surface area contributed by atoms with E-state index < -0.39 is 0 Å². The van der Waals surface area contributed by atoms with Gasteiger partial charge in [-0.25, -0.2) is 4.39 Å². The predicted molar refractivity (Wildman–Crippen MR) is 68.9 cm³/mol. The number of ether oxygens (including phenoxy) is 1. The largest absolute Gasteiger partial charge is 0.494 e. The molecular weight excluding hydrogens is 237 g/mol. The van der Waals surface area contributed by atoms with Gasteiger partial charge in [-0.3, -0.25) is 0 Å². The Morgan fingerprint density at radius 1 is 1.41 bits per heavy atom. The van der Waals surface area contributed by atoms with Gasteiger partial charge in [0, 0.05) is 11.4 Å². The number of hydrogen-bond acceptors (Lipinski definition) is 3. The van der Waals surface area contributed by atoms with E-state index in [-0.39, 0.29) is 11.6 Å². The number of methoxy groups -OCH3 is 1. The van der Waals surface area contributed by atoms with Gasteiger partial charge in [0.2, 0.25) is 0 Å². The highest BCUT2D eigenvalue weighted by molar-refractivity contribution is 7.10. The van der Waals surface area contributed by atoms with Crippen molar-refractivity contribution in [3.63, 3.8) is 0 Å². The van der Waals surface area contributed by atoms with E-state index in [2.05, 4.69) is 0 Å². The van der Waals surface area contributed by atoms with Gasteiger partial charge in [-0.15, -0.1) is 11.3 Å². The van der Waals surface area contributed by atoms with Crippen LogP contribution in [0.1, 0.15) is 10.4 Å². The van der Waals surface area contributed by atoms with Crippen LogP contribution in [0.15, 0.2) is 23.6 Å². The Labute approximate surface area is 104 Å². The molecule has 0 amide bonds. The van der Waals surface area contributed by atoms with Crippen LogP contribution in [0.3, 0.4) is 0 Å². The van der Waals surface area contributed by atoms with Crippen LogP contribution in [0.2, 0.25) is 0 Å². The highest BCUT2D eigenvalue weighted by Crippen LogP contribution is 2.34. The molecule has 90 valence electrons. The summed E-state index contributed by atoms with van der Waals surface area (Å²) in [5, 5.41) is 2.02. The number of rotatable bonds is 3. The third-order valence-electron chi connectivity index (χ3n) is 2.71. The van der Waals surface area contributed by atoms with E-state index in [1.54, 1.807) is 17.4 Å². The molecule has 2 rings (SSSR count). The van der Waals surface area contributed by atoms with Crippen LogP contribution in [0, 0.1) is 12.7 Å². The van der Waals surface area contributed by atoms with Crippen molar-refractivity contribution >= 4 is 11.3 Å². The first-order valence-corrected chi connectivity index (χ1v) is 6.16. The maximum atomic E-state index is 13.7. The van der Waals surface area contributed by atoms with E-state index in [9.17, 15) is 4.39 Å². The molecule has 4 heteroatoms. The minimum Gasteiger partial charge on any atom is -0.494 e. The van der Waals surface area contributed by atoms with Gasteiger partial charge in [0.25, 0.3) is 0 Å². The minimum absolute atomic E-state index is 0.260. The standard InChI is InChI=1S/C13H14FNOS/c1-8-13(10(6-15)7-17-8)9-3-4-12(16-2)11(14)5-9/h3-5,7H,6,15H2,1-2H3. The van der Waals surface area contributed by atoms with Crippen LogP contribution in [-0.2, 0) is 6.54 Å². The Hall–Kier alpha value is -1.39. The molecule has 0 radical (unpaired) electrons. The van der Waals surface area contributed by atoms with Gasteiger partial charge in [-0.05, 0) is 41.1 Å². The van der Waals surface area contributed by atoms with E-state index in [0.717, 1.165) is 21.6 Å². The van der Waals surface area contributed by atoms with Crippen molar-refractivity contribution in [1.29, 1.82) is 0 Å². The zero-order valence-electron chi connectivity index (χ0n) is 9.79. The van der Waals surface area contributed by atoms with Gasteiger partial charge in [0.1, 0.15) is 0 Å². The average Bonchev–Trinajstić information content (AvgIpc) is 2.70. The molecule has 2 aromatic rings. The highest BCUT2D eigenvalue weighted by atomic mass is 32.1. The molecule has 0 saturated heterocycles. The zero-order valence-corrected chi connectivity index (χ0v) is 10.6. The number of halogens is 1. The smallest absolute Gasteiger partial charge is 0.165 e. The van der Waals surface area contributed by atoms with E-state index >= 15 is 0 Å². The lowest BCUT2D eigenvalue weighted by Gasteiger charge is -2.07. The van der Waals surface area contributed by atoms with E-state index in [0.29, 0.717) is 6.54 Å². The minimum atomic E-state index is -0.349. The highest BCUT2D eigenvalue weighted by Gasteiger charge is 2.12. The molecule has 1 aromatic carbocycles. The van der Waals surface area contributed by atoms with Gasteiger partial charge >= 0.3 is 0 Å². The maximum absolute atomic E-state index is 13.7. The van der Waals surface area contributed by atoms with Crippen LogP contribution in [-0.4, -0.2) is 7.11 Å². The molecule has 2 N–H and O–H groups in total. The van der Waals surface area contributed by atoms with E-state index in [1.165, 1.54) is 13.2 Å². The summed E-state index contributed by atoms with van der Waals surface area (Å²) in [6, 6.07) is 4.99. The Kier molecular flexibility index (Phi) is 3.45. The lowest BCUT2D eigenvalue weighted by molar-refractivity contribution is 0.386. The number of nitrogens with two attached hydrogens (primary N) is 1. The van der Waals surface area contributed by atoms with Crippen LogP contribution in [0.4, 0.5) is 4.39 Å². The van der Waals surface area contributed by atoms with E-state index in [4.69, 9.17) is 10.5 Å². The van der Waals surface area contributed by atoms with Gasteiger partial charge in [0.05, 0.1) is 7.11 Å². The quantitative estimate of drug-likeness (QED) is 0.908. The van der Waals surface area contributed by atoms with Crippen molar-refractivity contribution < 1.29 is 9.13 Å². The van der Waals surface area contributed by atoms with Crippen LogP contribution in [0.25, 0.3) is 11.1 Å². The fourth-order valence-corrected chi connectivity index (χ4v) is 2.76. The molecule has 0 aliphatic carbocycles. The second kappa shape index (κ2) is 4.85. The molecule has 1 aromatic heterocycles. The number of aryl methyl sites for hydroxylation is 1. The summed E-state index contributed by atoms with van der Waals surface area (Å²) >= 11 is 1.63. The van der Waals surface area contributed by atoms with Gasteiger partial charge in [-0.1, -0.05) is 6.07 Å². The van der Waals surface area contributed by atoms with Gasteiger partial charge < -0.3 is 10.5 Å². The monoisotopic (exact) mass is 251 g/mol. The van der Waals surface area contributed by atoms with Gasteiger partial charge in [0.15, 0.2) is 11.6 Å². The Morgan fingerprint density at radius 2 is 2.18 bits per heavy atom. The van der Waals surface area contributed by atoms with Crippen molar-refractivity contribution in [3.8, 4) is 16.9 Å². The molecule has 0 bridgehead atoms. The molecule has 1 heterocycles. The number of hydrogen-bond donors (Lipinski definition) is 1. The first-order chi connectivity index (χ1) is 8.17. The van der Waals surface area contributed by atoms with Crippen molar-refractivity contribution in [2.75, 3.05) is 7.11 Å². The molecule has 0 unspecified atom stereocenters. The number of thiophene rings is 1. The first-order valence-electron chi connectivity index (χ1n) is 5.28. The summed E-state index contributed by atoms with van der Waals surface area (Å²) in [7, 11) is 1.46. The molecular formula is C13H14FNOS. The number of benzene rings is 1. The molecule has 2 nitrogen and oxygen atoms in total. The summed E-state index contributed by atoms with van der Waals surface area (Å²) in [4.78, 5) is 1.15. The molecule has 0 fully saturated rings. The molecule has 0 saturated carbocycles. The Balaban J connectivity index is 2.53. The van der Waals surface area contributed by atoms with E-state index in [1.807, 2.05) is 18.4 Å². The summed E-state index contributed by atoms with van der Waals surface area (Å²) < 4.78 is 18.6.